The van der Waals surface area contributed by atoms with Gasteiger partial charge in [-0.05, 0) is 49.8 Å². The van der Waals surface area contributed by atoms with Gasteiger partial charge in [-0.15, -0.1) is 0 Å². The summed E-state index contributed by atoms with van der Waals surface area (Å²) < 4.78 is 26.9. The van der Waals surface area contributed by atoms with Crippen molar-refractivity contribution in [3.8, 4) is 0 Å². The number of sulfonamides is 1. The van der Waals surface area contributed by atoms with Crippen molar-refractivity contribution in [3.05, 3.63) is 42.0 Å². The Hall–Kier alpha value is -1.73. The summed E-state index contributed by atoms with van der Waals surface area (Å²) >= 11 is 0. The van der Waals surface area contributed by atoms with Gasteiger partial charge < -0.3 is 0 Å². The third-order valence-corrected chi connectivity index (χ3v) is 6.03. The highest BCUT2D eigenvalue weighted by Crippen LogP contribution is 2.25. The van der Waals surface area contributed by atoms with E-state index in [-0.39, 0.29) is 4.90 Å². The summed E-state index contributed by atoms with van der Waals surface area (Å²) in [5.74, 6) is 0.319. The van der Waals surface area contributed by atoms with Gasteiger partial charge in [-0.1, -0.05) is 0 Å². The van der Waals surface area contributed by atoms with E-state index in [2.05, 4.69) is 15.2 Å². The molecule has 7 heteroatoms. The molecule has 1 saturated heterocycles. The molecule has 0 aromatic carbocycles. The molecule has 118 valence electrons. The van der Waals surface area contributed by atoms with Crippen LogP contribution in [0, 0.1) is 12.8 Å². The van der Waals surface area contributed by atoms with Crippen LogP contribution >= 0.6 is 0 Å². The van der Waals surface area contributed by atoms with E-state index >= 15 is 0 Å². The second-order valence-corrected chi connectivity index (χ2v) is 7.73. The zero-order chi connectivity index (χ0) is 15.6. The van der Waals surface area contributed by atoms with E-state index in [0.717, 1.165) is 30.5 Å². The van der Waals surface area contributed by atoms with Crippen molar-refractivity contribution in [2.75, 3.05) is 13.1 Å². The molecule has 0 bridgehead atoms. The second-order valence-electron chi connectivity index (χ2n) is 5.80. The molecule has 1 fully saturated rings. The normalized spacial score (nSPS) is 20.1. The highest BCUT2D eigenvalue weighted by molar-refractivity contribution is 7.89. The van der Waals surface area contributed by atoms with Crippen LogP contribution in [0.1, 0.15) is 24.1 Å². The van der Waals surface area contributed by atoms with Gasteiger partial charge >= 0.3 is 0 Å². The summed E-state index contributed by atoms with van der Waals surface area (Å²) in [5.41, 5.74) is 2.23. The summed E-state index contributed by atoms with van der Waals surface area (Å²) in [6.45, 7) is 3.15. The number of aryl methyl sites for hydroxylation is 1. The lowest BCUT2D eigenvalue weighted by Crippen LogP contribution is -2.40. The smallest absolute Gasteiger partial charge is 0.244 e. The predicted molar refractivity (Wildman–Crippen MR) is 82.7 cm³/mol. The molecule has 0 saturated carbocycles. The molecule has 3 rings (SSSR count). The Morgan fingerprint density at radius 2 is 2.27 bits per heavy atom. The number of pyridine rings is 1. The highest BCUT2D eigenvalue weighted by atomic mass is 32.2. The zero-order valence-electron chi connectivity index (χ0n) is 12.6. The first-order valence-electron chi connectivity index (χ1n) is 7.46. The maximum absolute atomic E-state index is 12.7. The summed E-state index contributed by atoms with van der Waals surface area (Å²) in [7, 11) is -3.44. The number of nitrogens with zero attached hydrogens (tertiary/aromatic N) is 3. The molecule has 6 nitrogen and oxygen atoms in total. The monoisotopic (exact) mass is 320 g/mol. The van der Waals surface area contributed by atoms with Crippen molar-refractivity contribution in [3.63, 3.8) is 0 Å². The van der Waals surface area contributed by atoms with Crippen LogP contribution in [-0.4, -0.2) is 41.0 Å². The third-order valence-electron chi connectivity index (χ3n) is 4.18. The lowest BCUT2D eigenvalue weighted by atomic mass is 9.94. The largest absolute Gasteiger partial charge is 0.282 e. The number of hydrogen-bond donors (Lipinski definition) is 1. The van der Waals surface area contributed by atoms with Crippen molar-refractivity contribution in [1.29, 1.82) is 0 Å². The minimum atomic E-state index is -3.44. The third kappa shape index (κ3) is 3.05. The Balaban J connectivity index is 1.74. The van der Waals surface area contributed by atoms with E-state index in [9.17, 15) is 8.42 Å². The van der Waals surface area contributed by atoms with Gasteiger partial charge in [-0.2, -0.15) is 9.40 Å². The van der Waals surface area contributed by atoms with Gasteiger partial charge in [0.1, 0.15) is 4.90 Å². The lowest BCUT2D eigenvalue weighted by Gasteiger charge is -2.31. The van der Waals surface area contributed by atoms with Crippen molar-refractivity contribution in [1.82, 2.24) is 19.5 Å². The van der Waals surface area contributed by atoms with Gasteiger partial charge in [0.15, 0.2) is 0 Å². The second kappa shape index (κ2) is 6.18. The molecule has 0 amide bonds. The lowest BCUT2D eigenvalue weighted by molar-refractivity contribution is 0.264. The number of aromatic amines is 1. The average molecular weight is 320 g/mol. The molecule has 0 aliphatic carbocycles. The Kier molecular flexibility index (Phi) is 4.26. The van der Waals surface area contributed by atoms with Crippen molar-refractivity contribution in [2.24, 2.45) is 5.92 Å². The first kappa shape index (κ1) is 15.2. The highest BCUT2D eigenvalue weighted by Gasteiger charge is 2.30. The molecule has 1 aliphatic heterocycles. The van der Waals surface area contributed by atoms with Crippen LogP contribution in [0.5, 0.6) is 0 Å². The quantitative estimate of drug-likeness (QED) is 0.931. The molecule has 0 spiro atoms. The maximum atomic E-state index is 12.7. The van der Waals surface area contributed by atoms with E-state index in [1.165, 1.54) is 6.20 Å². The predicted octanol–water partition coefficient (Wildman–Crippen LogP) is 1.76. The first-order chi connectivity index (χ1) is 10.6. The summed E-state index contributed by atoms with van der Waals surface area (Å²) in [6, 6.07) is 3.26. The van der Waals surface area contributed by atoms with Crippen molar-refractivity contribution in [2.45, 2.75) is 31.1 Å². The molecule has 3 heterocycles. The average Bonchev–Trinajstić information content (AvgIpc) is 2.94. The number of aromatic nitrogens is 3. The Bertz CT molecular complexity index is 727. The van der Waals surface area contributed by atoms with Gasteiger partial charge in [-0.25, -0.2) is 8.42 Å². The number of hydrogen-bond acceptors (Lipinski definition) is 4. The maximum Gasteiger partial charge on any atom is 0.244 e. The van der Waals surface area contributed by atoms with Crippen LogP contribution in [0.3, 0.4) is 0 Å². The van der Waals surface area contributed by atoms with Gasteiger partial charge in [0.05, 0.1) is 6.20 Å². The van der Waals surface area contributed by atoms with Crippen LogP contribution in [0.15, 0.2) is 35.6 Å². The summed E-state index contributed by atoms with van der Waals surface area (Å²) in [5, 5.41) is 7.05. The molecule has 1 aliphatic rings. The van der Waals surface area contributed by atoms with Crippen LogP contribution < -0.4 is 0 Å². The SMILES string of the molecule is Cc1cn[nH]c1C[C@H]1CCCN(S(=O)(=O)c2cccnc2)C1. The van der Waals surface area contributed by atoms with E-state index in [4.69, 9.17) is 0 Å². The first-order valence-corrected chi connectivity index (χ1v) is 8.90. The van der Waals surface area contributed by atoms with E-state index in [1.54, 1.807) is 22.6 Å². The Morgan fingerprint density at radius 1 is 1.41 bits per heavy atom. The van der Waals surface area contributed by atoms with Gasteiger partial charge in [0.2, 0.25) is 10.0 Å². The number of piperidine rings is 1. The molecule has 0 radical (unpaired) electrons. The molecule has 1 N–H and O–H groups in total. The minimum Gasteiger partial charge on any atom is -0.282 e. The van der Waals surface area contributed by atoms with Gasteiger partial charge in [0.25, 0.3) is 0 Å². The minimum absolute atomic E-state index is 0.272. The zero-order valence-corrected chi connectivity index (χ0v) is 13.4. The summed E-state index contributed by atoms with van der Waals surface area (Å²) in [6.07, 6.45) is 7.57. The van der Waals surface area contributed by atoms with Crippen LogP contribution in [-0.2, 0) is 16.4 Å². The Labute approximate surface area is 130 Å². The summed E-state index contributed by atoms with van der Waals surface area (Å²) in [4.78, 5) is 4.19. The molecular weight excluding hydrogens is 300 g/mol. The number of nitrogens with one attached hydrogen (secondary N) is 1. The topological polar surface area (TPSA) is 79.0 Å². The van der Waals surface area contributed by atoms with Crippen LogP contribution in [0.25, 0.3) is 0 Å². The van der Waals surface area contributed by atoms with E-state index < -0.39 is 10.0 Å². The fraction of sp³-hybridized carbons (Fsp3) is 0.467. The van der Waals surface area contributed by atoms with Gasteiger partial charge in [-0.3, -0.25) is 10.1 Å². The molecule has 1 atom stereocenters. The fourth-order valence-corrected chi connectivity index (χ4v) is 4.45. The van der Waals surface area contributed by atoms with Crippen LogP contribution in [0.2, 0.25) is 0 Å². The molecular formula is C15H20N4O2S. The van der Waals surface area contributed by atoms with Gasteiger partial charge in [0, 0.05) is 31.2 Å². The fourth-order valence-electron chi connectivity index (χ4n) is 2.93. The van der Waals surface area contributed by atoms with Crippen molar-refractivity contribution >= 4 is 10.0 Å². The van der Waals surface area contributed by atoms with Crippen molar-refractivity contribution < 1.29 is 8.42 Å². The standard InChI is InChI=1S/C15H20N4O2S/c1-12-9-17-18-15(12)8-13-4-3-7-19(11-13)22(20,21)14-5-2-6-16-10-14/h2,5-6,9-10,13H,3-4,7-8,11H2,1H3,(H,17,18)/t13-/m1/s1. The molecule has 2 aromatic rings. The van der Waals surface area contributed by atoms with E-state index in [1.807, 2.05) is 13.1 Å². The molecule has 22 heavy (non-hydrogen) atoms. The van der Waals surface area contributed by atoms with E-state index in [0.29, 0.717) is 19.0 Å². The number of rotatable bonds is 4. The molecule has 0 unspecified atom stereocenters. The molecule has 2 aromatic heterocycles. The Morgan fingerprint density at radius 3 is 2.95 bits per heavy atom. The van der Waals surface area contributed by atoms with Crippen LogP contribution in [0.4, 0.5) is 0 Å². The number of H-pyrrole nitrogens is 1.